The molecule has 8 aliphatic rings. The van der Waals surface area contributed by atoms with Gasteiger partial charge in [0.1, 0.15) is 0 Å². The number of rotatable bonds is 11. The van der Waals surface area contributed by atoms with Gasteiger partial charge in [0.2, 0.25) is 0 Å². The van der Waals surface area contributed by atoms with Crippen molar-refractivity contribution in [3.63, 3.8) is 0 Å². The molecule has 8 bridgehead atoms. The van der Waals surface area contributed by atoms with Crippen LogP contribution in [0.1, 0.15) is 243 Å². The van der Waals surface area contributed by atoms with E-state index in [1.807, 2.05) is 0 Å². The maximum Gasteiger partial charge on any atom is 0.0260 e. The normalized spacial score (nSPS) is 36.3. The maximum atomic E-state index is 3.67. The summed E-state index contributed by atoms with van der Waals surface area (Å²) in [7, 11) is 0. The predicted molar refractivity (Wildman–Crippen MR) is 255 cm³/mol. The van der Waals surface area contributed by atoms with Gasteiger partial charge in [-0.25, -0.2) is 0 Å². The third kappa shape index (κ3) is 8.31. The van der Waals surface area contributed by atoms with E-state index in [1.165, 1.54) is 151 Å². The molecule has 0 spiro atoms. The fourth-order valence-corrected chi connectivity index (χ4v) is 17.0. The second kappa shape index (κ2) is 16.4. The van der Waals surface area contributed by atoms with Crippen LogP contribution in [0.3, 0.4) is 0 Å². The van der Waals surface area contributed by atoms with E-state index in [9.17, 15) is 0 Å². The van der Waals surface area contributed by atoms with Crippen LogP contribution in [0, 0.1) is 79.9 Å². The minimum atomic E-state index is 0.173. The van der Waals surface area contributed by atoms with Gasteiger partial charge >= 0.3 is 0 Å². The van der Waals surface area contributed by atoms with E-state index in [4.69, 9.17) is 0 Å². The second-order valence-electron chi connectivity index (χ2n) is 23.7. The molecule has 2 aromatic carbocycles. The highest BCUT2D eigenvalue weighted by Gasteiger charge is 2.76. The smallest absolute Gasteiger partial charge is 0.0260 e. The SMILES string of the molecule is CCCCC#Cc1cc(C#CCCCC)cc(C23CC4(C)CC(C)(C2)CC(C25CC6(C)CC(C)(CC(c7cc(C#CCCCC)cc(C#CCCCC)c7)(C6)C2)C5)(C4)C3)c1. The molecule has 4 unspecified atom stereocenters. The zero-order chi connectivity index (χ0) is 42.3. The minimum absolute atomic E-state index is 0.173. The summed E-state index contributed by atoms with van der Waals surface area (Å²) in [5.74, 6) is 29.0. The largest absolute Gasteiger partial charge is 0.0979 e. The molecular weight excluding hydrogens is 721 g/mol. The number of benzene rings is 2. The van der Waals surface area contributed by atoms with Gasteiger partial charge in [-0.15, -0.1) is 0 Å². The lowest BCUT2D eigenvalue weighted by Crippen LogP contribution is -2.71. The third-order valence-electron chi connectivity index (χ3n) is 16.9. The zero-order valence-electron chi connectivity index (χ0n) is 39.4. The Kier molecular flexibility index (Phi) is 11.9. The van der Waals surface area contributed by atoms with Crippen LogP contribution >= 0.6 is 0 Å². The fraction of sp³-hybridized carbons (Fsp3) is 0.667. The van der Waals surface area contributed by atoms with Crippen LogP contribution in [0.25, 0.3) is 0 Å². The summed E-state index contributed by atoms with van der Waals surface area (Å²) in [6, 6.07) is 14.9. The molecule has 0 saturated heterocycles. The van der Waals surface area contributed by atoms with Crippen LogP contribution in [-0.4, -0.2) is 0 Å². The average Bonchev–Trinajstić information content (AvgIpc) is 3.16. The van der Waals surface area contributed by atoms with Crippen molar-refractivity contribution in [2.75, 3.05) is 0 Å². The Morgan fingerprint density at radius 3 is 0.867 bits per heavy atom. The standard InChI is InChI=1S/C60H78/c1-9-13-17-21-25-47-29-48(26-22-18-14-10-2)32-51(31-47)57-37-53(5)35-54(6,38-57)42-59(41-53,45-57)60-43-55(7)36-56(8,44-60)40-58(39-55,46-60)52-33-49(27-23-19-15-11-3)30-50(34-52)28-24-20-16-12-4/h29-34H,9-20,35-46H2,1-8H3. The molecule has 60 heavy (non-hydrogen) atoms. The molecule has 10 rings (SSSR count). The molecule has 8 aliphatic carbocycles. The van der Waals surface area contributed by atoms with E-state index in [1.54, 1.807) is 11.1 Å². The molecule has 8 fully saturated rings. The van der Waals surface area contributed by atoms with Gasteiger partial charge in [-0.2, -0.15) is 0 Å². The lowest BCUT2D eigenvalue weighted by molar-refractivity contribution is -0.275. The zero-order valence-corrected chi connectivity index (χ0v) is 39.4. The van der Waals surface area contributed by atoms with Crippen molar-refractivity contribution in [3.05, 3.63) is 69.8 Å². The molecular formula is C60H78. The first-order valence-electron chi connectivity index (χ1n) is 24.9. The van der Waals surface area contributed by atoms with Crippen molar-refractivity contribution in [2.24, 2.45) is 32.5 Å². The van der Waals surface area contributed by atoms with Gasteiger partial charge in [-0.1, -0.05) is 128 Å². The van der Waals surface area contributed by atoms with E-state index in [0.717, 1.165) is 25.7 Å². The Balaban J connectivity index is 1.24. The topological polar surface area (TPSA) is 0 Å². The number of hydrogen-bond donors (Lipinski definition) is 0. The van der Waals surface area contributed by atoms with E-state index >= 15 is 0 Å². The minimum Gasteiger partial charge on any atom is -0.0979 e. The Bertz CT molecular complexity index is 1910. The summed E-state index contributed by atoms with van der Waals surface area (Å²) in [6.07, 6.45) is 29.8. The highest BCUT2D eigenvalue weighted by molar-refractivity contribution is 5.52. The number of unbranched alkanes of at least 4 members (excludes halogenated alkanes) is 8. The molecule has 0 radical (unpaired) electrons. The summed E-state index contributed by atoms with van der Waals surface area (Å²) < 4.78 is 0. The lowest BCUT2D eigenvalue weighted by Gasteiger charge is -2.80. The number of hydrogen-bond acceptors (Lipinski definition) is 0. The Morgan fingerprint density at radius 2 is 0.617 bits per heavy atom. The van der Waals surface area contributed by atoms with Gasteiger partial charge < -0.3 is 0 Å². The molecule has 0 N–H and O–H groups in total. The van der Waals surface area contributed by atoms with Crippen molar-refractivity contribution in [1.29, 1.82) is 0 Å². The molecule has 2 aromatic rings. The predicted octanol–water partition coefficient (Wildman–Crippen LogP) is 15.8. The highest BCUT2D eigenvalue weighted by Crippen LogP contribution is 2.85. The molecule has 0 nitrogen and oxygen atoms in total. The first-order valence-corrected chi connectivity index (χ1v) is 24.9. The van der Waals surface area contributed by atoms with Crippen molar-refractivity contribution < 1.29 is 0 Å². The van der Waals surface area contributed by atoms with Crippen LogP contribution < -0.4 is 0 Å². The summed E-state index contributed by atoms with van der Waals surface area (Å²) in [5, 5.41) is 0. The van der Waals surface area contributed by atoms with E-state index in [2.05, 4.69) is 139 Å². The second-order valence-corrected chi connectivity index (χ2v) is 23.7. The third-order valence-corrected chi connectivity index (χ3v) is 16.9. The Morgan fingerprint density at radius 1 is 0.350 bits per heavy atom. The molecule has 0 heterocycles. The van der Waals surface area contributed by atoms with Gasteiger partial charge in [-0.3, -0.25) is 0 Å². The molecule has 8 saturated carbocycles. The van der Waals surface area contributed by atoms with Gasteiger partial charge in [-0.05, 0) is 194 Å². The molecule has 0 aromatic heterocycles. The molecule has 318 valence electrons. The summed E-state index contributed by atoms with van der Waals surface area (Å²) >= 11 is 0. The molecule has 4 atom stereocenters. The van der Waals surface area contributed by atoms with Crippen LogP contribution in [0.15, 0.2) is 36.4 Å². The monoisotopic (exact) mass is 799 g/mol. The van der Waals surface area contributed by atoms with E-state index in [0.29, 0.717) is 32.5 Å². The van der Waals surface area contributed by atoms with Gasteiger partial charge in [0.15, 0.2) is 0 Å². The maximum absolute atomic E-state index is 3.67. The molecule has 0 aliphatic heterocycles. The Labute approximate surface area is 368 Å². The summed E-state index contributed by atoms with van der Waals surface area (Å²) in [5.41, 5.74) is 10.4. The van der Waals surface area contributed by atoms with Crippen molar-refractivity contribution in [1.82, 2.24) is 0 Å². The lowest BCUT2D eigenvalue weighted by atomic mass is 9.24. The Hall–Kier alpha value is -3.32. The van der Waals surface area contributed by atoms with Gasteiger partial charge in [0, 0.05) is 47.9 Å². The first kappa shape index (κ1) is 43.3. The first-order chi connectivity index (χ1) is 28.7. The summed E-state index contributed by atoms with van der Waals surface area (Å²) in [4.78, 5) is 0. The quantitative estimate of drug-likeness (QED) is 0.157. The van der Waals surface area contributed by atoms with Crippen molar-refractivity contribution in [3.8, 4) is 47.4 Å². The van der Waals surface area contributed by atoms with Gasteiger partial charge in [0.05, 0.1) is 0 Å². The highest BCUT2D eigenvalue weighted by atomic mass is 14.8. The van der Waals surface area contributed by atoms with E-state index < -0.39 is 0 Å². The van der Waals surface area contributed by atoms with Crippen LogP contribution in [-0.2, 0) is 10.8 Å². The van der Waals surface area contributed by atoms with E-state index in [-0.39, 0.29) is 10.8 Å². The van der Waals surface area contributed by atoms with Gasteiger partial charge in [0.25, 0.3) is 0 Å². The van der Waals surface area contributed by atoms with Crippen molar-refractivity contribution in [2.45, 2.75) is 220 Å². The van der Waals surface area contributed by atoms with Crippen LogP contribution in [0.2, 0.25) is 0 Å². The summed E-state index contributed by atoms with van der Waals surface area (Å²) in [6.45, 7) is 20.0. The van der Waals surface area contributed by atoms with Crippen molar-refractivity contribution >= 4 is 0 Å². The van der Waals surface area contributed by atoms with Crippen LogP contribution in [0.5, 0.6) is 0 Å². The fourth-order valence-electron chi connectivity index (χ4n) is 17.0. The average molecular weight is 799 g/mol. The molecule has 0 heteroatoms. The molecule has 0 amide bonds. The van der Waals surface area contributed by atoms with Crippen LogP contribution in [0.4, 0.5) is 0 Å².